The molecular weight excluding hydrogens is 170 g/mol. The fourth-order valence-corrected chi connectivity index (χ4v) is 1.93. The first-order chi connectivity index (χ1) is 5.88. The number of hydrogen-bond donors (Lipinski definition) is 1. The van der Waals surface area contributed by atoms with Gasteiger partial charge in [-0.3, -0.25) is 4.90 Å². The van der Waals surface area contributed by atoms with Gasteiger partial charge >= 0.3 is 0 Å². The van der Waals surface area contributed by atoms with E-state index in [0.29, 0.717) is 0 Å². The van der Waals surface area contributed by atoms with Gasteiger partial charge in [0.25, 0.3) is 0 Å². The first-order valence-electron chi connectivity index (χ1n) is 4.23. The Bertz CT molecular complexity index is 255. The Hall–Kier alpha value is -0.610. The van der Waals surface area contributed by atoms with Gasteiger partial charge in [-0.1, -0.05) is 0 Å². The summed E-state index contributed by atoms with van der Waals surface area (Å²) < 4.78 is 0. The van der Waals surface area contributed by atoms with Crippen molar-refractivity contribution in [1.82, 2.24) is 9.88 Å². The topological polar surface area (TPSA) is 28.2 Å². The van der Waals surface area contributed by atoms with E-state index < -0.39 is 0 Å². The number of nitrogens with zero attached hydrogens (tertiary/aromatic N) is 2. The summed E-state index contributed by atoms with van der Waals surface area (Å²) in [5, 5.41) is 6.19. The fourth-order valence-electron chi connectivity index (χ4n) is 1.26. The lowest BCUT2D eigenvalue weighted by Gasteiger charge is -2.29. The third-order valence-electron chi connectivity index (χ3n) is 2.10. The molecular formula is C8H13N3S. The average Bonchev–Trinajstić information content (AvgIpc) is 2.44. The van der Waals surface area contributed by atoms with Crippen LogP contribution in [0.5, 0.6) is 0 Å². The van der Waals surface area contributed by atoms with Gasteiger partial charge < -0.3 is 5.32 Å². The summed E-state index contributed by atoms with van der Waals surface area (Å²) in [6, 6.07) is 0. The van der Waals surface area contributed by atoms with Crippen LogP contribution in [0.4, 0.5) is 5.13 Å². The van der Waals surface area contributed by atoms with Gasteiger partial charge in [-0.05, 0) is 19.5 Å². The smallest absolute Gasteiger partial charge is 0.182 e. The summed E-state index contributed by atoms with van der Waals surface area (Å²) in [7, 11) is 1.91. The van der Waals surface area contributed by atoms with Gasteiger partial charge in [-0.2, -0.15) is 0 Å². The van der Waals surface area contributed by atoms with Crippen molar-refractivity contribution >= 4 is 16.5 Å². The largest absolute Gasteiger partial charge is 0.365 e. The Morgan fingerprint density at radius 2 is 2.50 bits per heavy atom. The SMILES string of the molecule is CNc1nc(CN2CCC2)cs1. The lowest BCUT2D eigenvalue weighted by Crippen LogP contribution is -2.36. The number of aromatic nitrogens is 1. The molecule has 1 aromatic rings. The van der Waals surface area contributed by atoms with Crippen LogP contribution in [0.2, 0.25) is 0 Å². The quantitative estimate of drug-likeness (QED) is 0.767. The summed E-state index contributed by atoms with van der Waals surface area (Å²) in [5.41, 5.74) is 1.20. The molecule has 0 atom stereocenters. The molecule has 1 saturated heterocycles. The van der Waals surface area contributed by atoms with Crippen molar-refractivity contribution in [2.24, 2.45) is 0 Å². The maximum atomic E-state index is 4.42. The molecule has 1 aliphatic heterocycles. The Morgan fingerprint density at radius 3 is 3.00 bits per heavy atom. The van der Waals surface area contributed by atoms with Crippen molar-refractivity contribution in [2.75, 3.05) is 25.5 Å². The molecule has 2 heterocycles. The minimum Gasteiger partial charge on any atom is -0.365 e. The second kappa shape index (κ2) is 3.41. The van der Waals surface area contributed by atoms with Gasteiger partial charge in [0.1, 0.15) is 0 Å². The van der Waals surface area contributed by atoms with Gasteiger partial charge in [-0.25, -0.2) is 4.98 Å². The third kappa shape index (κ3) is 1.59. The lowest BCUT2D eigenvalue weighted by atomic mass is 10.2. The number of thiazole rings is 1. The van der Waals surface area contributed by atoms with E-state index >= 15 is 0 Å². The number of rotatable bonds is 3. The van der Waals surface area contributed by atoms with Gasteiger partial charge in [0.15, 0.2) is 5.13 Å². The van der Waals surface area contributed by atoms with Crippen LogP contribution >= 0.6 is 11.3 Å². The van der Waals surface area contributed by atoms with Crippen molar-refractivity contribution < 1.29 is 0 Å². The number of hydrogen-bond acceptors (Lipinski definition) is 4. The molecule has 0 radical (unpaired) electrons. The summed E-state index contributed by atoms with van der Waals surface area (Å²) >= 11 is 1.68. The monoisotopic (exact) mass is 183 g/mol. The van der Waals surface area contributed by atoms with Crippen molar-refractivity contribution in [3.05, 3.63) is 11.1 Å². The normalized spacial score (nSPS) is 17.4. The molecule has 4 heteroatoms. The van der Waals surface area contributed by atoms with E-state index in [9.17, 15) is 0 Å². The molecule has 0 spiro atoms. The minimum absolute atomic E-state index is 1.02. The molecule has 0 aliphatic carbocycles. The summed E-state index contributed by atoms with van der Waals surface area (Å²) in [4.78, 5) is 6.83. The van der Waals surface area contributed by atoms with E-state index in [1.807, 2.05) is 7.05 Å². The van der Waals surface area contributed by atoms with E-state index in [0.717, 1.165) is 11.7 Å². The predicted octanol–water partition coefficient (Wildman–Crippen LogP) is 1.39. The molecule has 0 amide bonds. The number of nitrogens with one attached hydrogen (secondary N) is 1. The van der Waals surface area contributed by atoms with Crippen LogP contribution in [-0.4, -0.2) is 30.0 Å². The highest BCUT2D eigenvalue weighted by Gasteiger charge is 2.14. The van der Waals surface area contributed by atoms with E-state index in [1.165, 1.54) is 25.2 Å². The Morgan fingerprint density at radius 1 is 1.67 bits per heavy atom. The molecule has 1 N–H and O–H groups in total. The van der Waals surface area contributed by atoms with Crippen LogP contribution in [0.25, 0.3) is 0 Å². The van der Waals surface area contributed by atoms with Crippen molar-refractivity contribution in [3.63, 3.8) is 0 Å². The lowest BCUT2D eigenvalue weighted by molar-refractivity contribution is 0.171. The molecule has 1 aliphatic rings. The summed E-state index contributed by atoms with van der Waals surface area (Å²) in [6.07, 6.45) is 1.35. The zero-order valence-corrected chi connectivity index (χ0v) is 8.02. The number of likely N-dealkylation sites (tertiary alicyclic amines) is 1. The maximum absolute atomic E-state index is 4.42. The zero-order chi connectivity index (χ0) is 8.39. The van der Waals surface area contributed by atoms with Crippen LogP contribution in [0, 0.1) is 0 Å². The third-order valence-corrected chi connectivity index (χ3v) is 3.01. The van der Waals surface area contributed by atoms with Crippen LogP contribution < -0.4 is 5.32 Å². The molecule has 1 fully saturated rings. The first kappa shape index (κ1) is 8.01. The van der Waals surface area contributed by atoms with Crippen LogP contribution in [0.15, 0.2) is 5.38 Å². The average molecular weight is 183 g/mol. The van der Waals surface area contributed by atoms with E-state index in [4.69, 9.17) is 0 Å². The summed E-state index contributed by atoms with van der Waals surface area (Å²) in [6.45, 7) is 3.51. The second-order valence-corrected chi connectivity index (χ2v) is 3.88. The van der Waals surface area contributed by atoms with Crippen LogP contribution in [0.1, 0.15) is 12.1 Å². The number of anilines is 1. The Kier molecular flexibility index (Phi) is 2.28. The molecule has 3 nitrogen and oxygen atoms in total. The van der Waals surface area contributed by atoms with Crippen molar-refractivity contribution in [3.8, 4) is 0 Å². The first-order valence-corrected chi connectivity index (χ1v) is 5.11. The van der Waals surface area contributed by atoms with E-state index in [-0.39, 0.29) is 0 Å². The minimum atomic E-state index is 1.02. The molecule has 2 rings (SSSR count). The van der Waals surface area contributed by atoms with Crippen molar-refractivity contribution in [1.29, 1.82) is 0 Å². The van der Waals surface area contributed by atoms with E-state index in [1.54, 1.807) is 11.3 Å². The highest BCUT2D eigenvalue weighted by molar-refractivity contribution is 7.13. The molecule has 0 unspecified atom stereocenters. The highest BCUT2D eigenvalue weighted by Crippen LogP contribution is 2.17. The van der Waals surface area contributed by atoms with Gasteiger partial charge in [0, 0.05) is 19.0 Å². The molecule has 0 aromatic carbocycles. The predicted molar refractivity (Wildman–Crippen MR) is 51.6 cm³/mol. The van der Waals surface area contributed by atoms with Gasteiger partial charge in [0.05, 0.1) is 5.69 Å². The van der Waals surface area contributed by atoms with Crippen LogP contribution in [0.3, 0.4) is 0 Å². The summed E-state index contributed by atoms with van der Waals surface area (Å²) in [5.74, 6) is 0. The fraction of sp³-hybridized carbons (Fsp3) is 0.625. The second-order valence-electron chi connectivity index (χ2n) is 3.02. The zero-order valence-electron chi connectivity index (χ0n) is 7.21. The Balaban J connectivity index is 1.93. The molecule has 1 aromatic heterocycles. The highest BCUT2D eigenvalue weighted by atomic mass is 32.1. The molecule has 66 valence electrons. The molecule has 12 heavy (non-hydrogen) atoms. The standard InChI is InChI=1S/C8H13N3S/c1-9-8-10-7(6-12-8)5-11-3-2-4-11/h6H,2-5H2,1H3,(H,9,10). The molecule has 0 saturated carbocycles. The van der Waals surface area contributed by atoms with Gasteiger partial charge in [0.2, 0.25) is 0 Å². The van der Waals surface area contributed by atoms with Crippen LogP contribution in [-0.2, 0) is 6.54 Å². The molecule has 0 bridgehead atoms. The van der Waals surface area contributed by atoms with E-state index in [2.05, 4.69) is 20.6 Å². The Labute approximate surface area is 76.4 Å². The van der Waals surface area contributed by atoms with Gasteiger partial charge in [-0.15, -0.1) is 11.3 Å². The maximum Gasteiger partial charge on any atom is 0.182 e. The van der Waals surface area contributed by atoms with Crippen molar-refractivity contribution in [2.45, 2.75) is 13.0 Å².